The molecule has 1 amide bonds. The number of nitrogens with zero attached hydrogens (tertiary/aromatic N) is 2. The van der Waals surface area contributed by atoms with Crippen LogP contribution in [-0.2, 0) is 0 Å². The van der Waals surface area contributed by atoms with E-state index in [-0.39, 0.29) is 11.5 Å². The Balaban J connectivity index is 2.17. The van der Waals surface area contributed by atoms with Crippen LogP contribution in [-0.4, -0.2) is 26.9 Å². The van der Waals surface area contributed by atoms with Gasteiger partial charge in [0, 0.05) is 0 Å². The topological polar surface area (TPSA) is 78.9 Å². The predicted octanol–water partition coefficient (Wildman–Crippen LogP) is 2.57. The minimum atomic E-state index is -0.339. The fourth-order valence-electron chi connectivity index (χ4n) is 2.44. The summed E-state index contributed by atoms with van der Waals surface area (Å²) in [5.74, 6) is 0.112. The molecule has 1 aromatic carbocycles. The Kier molecular flexibility index (Phi) is 4.48. The number of pyridine rings is 1. The SMILES string of the molecule is Cc1nc([Se])c(C#N)c(-c2ccco2)c1C(=O)Nc1ccccc1. The van der Waals surface area contributed by atoms with Crippen LogP contribution in [0.3, 0.4) is 0 Å². The summed E-state index contributed by atoms with van der Waals surface area (Å²) >= 11 is 2.77. The number of nitrogens with one attached hydrogen (secondary N) is 1. The van der Waals surface area contributed by atoms with Gasteiger partial charge in [0.15, 0.2) is 0 Å². The molecule has 1 radical (unpaired) electrons. The van der Waals surface area contributed by atoms with Crippen molar-refractivity contribution in [3.8, 4) is 17.4 Å². The summed E-state index contributed by atoms with van der Waals surface area (Å²) in [5.41, 5.74) is 2.23. The zero-order chi connectivity index (χ0) is 17.1. The monoisotopic (exact) mass is 382 g/mol. The number of carbonyl (C=O) groups is 1. The van der Waals surface area contributed by atoms with E-state index in [1.165, 1.54) is 6.26 Å². The number of hydrogen-bond donors (Lipinski definition) is 1. The van der Waals surface area contributed by atoms with E-state index >= 15 is 0 Å². The summed E-state index contributed by atoms with van der Waals surface area (Å²) in [6, 6.07) is 14.6. The number of hydrogen-bond acceptors (Lipinski definition) is 4. The van der Waals surface area contributed by atoms with E-state index in [2.05, 4.69) is 32.4 Å². The van der Waals surface area contributed by atoms with E-state index in [9.17, 15) is 10.1 Å². The molecule has 3 rings (SSSR count). The molecule has 0 aliphatic rings. The molecule has 5 nitrogen and oxygen atoms in total. The first-order chi connectivity index (χ1) is 11.6. The maximum absolute atomic E-state index is 12.8. The number of anilines is 1. The molecule has 1 N–H and O–H groups in total. The first kappa shape index (κ1) is 16.0. The summed E-state index contributed by atoms with van der Waals surface area (Å²) in [4.78, 5) is 17.1. The zero-order valence-corrected chi connectivity index (χ0v) is 14.5. The van der Waals surface area contributed by atoms with Gasteiger partial charge in [-0.05, 0) is 0 Å². The average molecular weight is 381 g/mol. The number of carbonyl (C=O) groups excluding carboxylic acids is 1. The van der Waals surface area contributed by atoms with Gasteiger partial charge in [0.1, 0.15) is 0 Å². The van der Waals surface area contributed by atoms with Crippen LogP contribution in [0.1, 0.15) is 21.6 Å². The van der Waals surface area contributed by atoms with Crippen molar-refractivity contribution < 1.29 is 9.21 Å². The number of para-hydroxylation sites is 1. The average Bonchev–Trinajstić information content (AvgIpc) is 3.09. The summed E-state index contributed by atoms with van der Waals surface area (Å²) in [7, 11) is 0. The Morgan fingerprint density at radius 3 is 2.62 bits per heavy atom. The van der Waals surface area contributed by atoms with Gasteiger partial charge in [0.25, 0.3) is 0 Å². The molecule has 0 saturated carbocycles. The van der Waals surface area contributed by atoms with E-state index in [1.807, 2.05) is 18.2 Å². The number of benzene rings is 1. The number of aryl methyl sites for hydroxylation is 1. The third-order valence-corrected chi connectivity index (χ3v) is 4.10. The van der Waals surface area contributed by atoms with Gasteiger partial charge in [0.2, 0.25) is 0 Å². The molecule has 2 aromatic heterocycles. The molecule has 3 aromatic rings. The molecular weight excluding hydrogens is 369 g/mol. The number of amides is 1. The minimum absolute atomic E-state index is 0.286. The fraction of sp³-hybridized carbons (Fsp3) is 0.0556. The third kappa shape index (κ3) is 2.95. The number of aromatic nitrogens is 1. The van der Waals surface area contributed by atoms with Gasteiger partial charge in [-0.2, -0.15) is 0 Å². The summed E-state index contributed by atoms with van der Waals surface area (Å²) < 4.78 is 5.88. The molecule has 0 fully saturated rings. The van der Waals surface area contributed by atoms with Crippen LogP contribution in [0.5, 0.6) is 0 Å². The predicted molar refractivity (Wildman–Crippen MR) is 91.2 cm³/mol. The van der Waals surface area contributed by atoms with Crippen molar-refractivity contribution >= 4 is 32.2 Å². The Bertz CT molecular complexity index is 929. The Hall–Kier alpha value is -2.87. The summed E-state index contributed by atoms with van der Waals surface area (Å²) in [6.07, 6.45) is 1.50. The second-order valence-electron chi connectivity index (χ2n) is 5.04. The molecule has 2 heterocycles. The van der Waals surface area contributed by atoms with Gasteiger partial charge in [0.05, 0.1) is 0 Å². The van der Waals surface area contributed by atoms with Crippen molar-refractivity contribution in [1.82, 2.24) is 4.98 Å². The molecule has 0 bridgehead atoms. The van der Waals surface area contributed by atoms with Crippen LogP contribution < -0.4 is 9.91 Å². The van der Waals surface area contributed by atoms with Crippen LogP contribution >= 0.6 is 0 Å². The van der Waals surface area contributed by atoms with Crippen LogP contribution in [0.15, 0.2) is 53.1 Å². The molecule has 117 valence electrons. The molecule has 6 heteroatoms. The quantitative estimate of drug-likeness (QED) is 0.708. The molecule has 0 aliphatic carbocycles. The van der Waals surface area contributed by atoms with Crippen LogP contribution in [0.4, 0.5) is 5.69 Å². The van der Waals surface area contributed by atoms with Crippen LogP contribution in [0.25, 0.3) is 11.3 Å². The molecule has 24 heavy (non-hydrogen) atoms. The van der Waals surface area contributed by atoms with Crippen molar-refractivity contribution in [2.45, 2.75) is 6.92 Å². The summed E-state index contributed by atoms with van der Waals surface area (Å²) in [6.45, 7) is 1.73. The van der Waals surface area contributed by atoms with Gasteiger partial charge < -0.3 is 0 Å². The van der Waals surface area contributed by atoms with Gasteiger partial charge in [-0.3, -0.25) is 0 Å². The van der Waals surface area contributed by atoms with E-state index in [0.717, 1.165) is 0 Å². The van der Waals surface area contributed by atoms with Crippen molar-refractivity contribution in [2.75, 3.05) is 5.32 Å². The van der Waals surface area contributed by atoms with E-state index in [0.29, 0.717) is 32.9 Å². The third-order valence-electron chi connectivity index (χ3n) is 3.48. The van der Waals surface area contributed by atoms with Gasteiger partial charge >= 0.3 is 147 Å². The molecule has 0 unspecified atom stereocenters. The standard InChI is InChI=1S/C18H12N3O2Se/c1-11-15(17(22)21-12-6-3-2-4-7-12)16(14-8-5-9-23-14)13(10-19)18(24)20-11/h2-9H,1H3,(H,21,22). The van der Waals surface area contributed by atoms with Gasteiger partial charge in [-0.15, -0.1) is 0 Å². The van der Waals surface area contributed by atoms with Crippen LogP contribution in [0.2, 0.25) is 0 Å². The van der Waals surface area contributed by atoms with Gasteiger partial charge in [-0.25, -0.2) is 0 Å². The van der Waals surface area contributed by atoms with Crippen molar-refractivity contribution in [3.05, 3.63) is 65.5 Å². The van der Waals surface area contributed by atoms with E-state index < -0.39 is 0 Å². The normalized spacial score (nSPS) is 10.2. The number of rotatable bonds is 3. The zero-order valence-electron chi connectivity index (χ0n) is 12.7. The van der Waals surface area contributed by atoms with Gasteiger partial charge in [-0.1, -0.05) is 0 Å². The number of furan rings is 1. The Morgan fingerprint density at radius 1 is 1.25 bits per heavy atom. The molecular formula is C18H12N3O2Se. The number of nitriles is 1. The second kappa shape index (κ2) is 6.71. The second-order valence-corrected chi connectivity index (χ2v) is 5.85. The first-order valence-corrected chi connectivity index (χ1v) is 7.99. The van der Waals surface area contributed by atoms with E-state index in [4.69, 9.17) is 4.42 Å². The van der Waals surface area contributed by atoms with Crippen molar-refractivity contribution in [2.24, 2.45) is 0 Å². The molecule has 0 saturated heterocycles. The summed E-state index contributed by atoms with van der Waals surface area (Å²) in [5, 5.41) is 12.3. The van der Waals surface area contributed by atoms with E-state index in [1.54, 1.807) is 31.2 Å². The Morgan fingerprint density at radius 2 is 2.00 bits per heavy atom. The Labute approximate surface area is 147 Å². The maximum atomic E-state index is 12.8. The molecule has 0 spiro atoms. The van der Waals surface area contributed by atoms with Crippen molar-refractivity contribution in [1.29, 1.82) is 5.26 Å². The first-order valence-electron chi connectivity index (χ1n) is 7.13. The fourth-order valence-corrected chi connectivity index (χ4v) is 3.04. The molecule has 0 aliphatic heterocycles. The van der Waals surface area contributed by atoms with Crippen LogP contribution in [0, 0.1) is 18.3 Å². The van der Waals surface area contributed by atoms with Crippen molar-refractivity contribution in [3.63, 3.8) is 0 Å². The molecule has 0 atom stereocenters.